The first-order chi connectivity index (χ1) is 12.7. The van der Waals surface area contributed by atoms with E-state index in [0.717, 1.165) is 12.1 Å². The monoisotopic (exact) mass is 404 g/mol. The maximum absolute atomic E-state index is 13.6. The summed E-state index contributed by atoms with van der Waals surface area (Å²) in [7, 11) is 0. The number of amides is 2. The van der Waals surface area contributed by atoms with Gasteiger partial charge in [0.2, 0.25) is 0 Å². The van der Waals surface area contributed by atoms with E-state index < -0.39 is 37.3 Å². The van der Waals surface area contributed by atoms with Gasteiger partial charge in [-0.15, -0.1) is 0 Å². The fourth-order valence-corrected chi connectivity index (χ4v) is 3.38. The zero-order valence-corrected chi connectivity index (χ0v) is 14.5. The molecule has 9 heteroatoms. The molecule has 3 rings (SSSR count). The molecule has 0 spiro atoms. The van der Waals surface area contributed by atoms with E-state index >= 15 is 0 Å². The number of hydrogen-bond acceptors (Lipinski definition) is 1. The van der Waals surface area contributed by atoms with Gasteiger partial charge in [0.25, 0.3) is 0 Å². The van der Waals surface area contributed by atoms with Crippen LogP contribution in [-0.2, 0) is 6.42 Å². The number of nitrogens with zero attached hydrogens (tertiary/aromatic N) is 1. The van der Waals surface area contributed by atoms with E-state index in [0.29, 0.717) is 16.2 Å². The SMILES string of the molecule is O=C1Nc2ccc(Cl)cc2C(c2ccc(F)cc2CCF)N1CC(F)(F)F. The second-order valence-electron chi connectivity index (χ2n) is 6.09. The van der Waals surface area contributed by atoms with Crippen molar-refractivity contribution in [3.05, 3.63) is 63.9 Å². The molecule has 1 aliphatic rings. The molecule has 0 bridgehead atoms. The molecule has 3 nitrogen and oxygen atoms in total. The van der Waals surface area contributed by atoms with Gasteiger partial charge in [0.05, 0.1) is 12.7 Å². The van der Waals surface area contributed by atoms with Gasteiger partial charge in [-0.3, -0.25) is 4.39 Å². The quantitative estimate of drug-likeness (QED) is 0.671. The Balaban J connectivity index is 2.21. The van der Waals surface area contributed by atoms with Crippen LogP contribution in [0.25, 0.3) is 0 Å². The van der Waals surface area contributed by atoms with Gasteiger partial charge < -0.3 is 10.2 Å². The van der Waals surface area contributed by atoms with Gasteiger partial charge in [0.15, 0.2) is 0 Å². The van der Waals surface area contributed by atoms with Crippen molar-refractivity contribution in [3.8, 4) is 0 Å². The van der Waals surface area contributed by atoms with Crippen molar-refractivity contribution in [2.75, 3.05) is 18.5 Å². The third kappa shape index (κ3) is 4.16. The predicted molar refractivity (Wildman–Crippen MR) is 91.2 cm³/mol. The van der Waals surface area contributed by atoms with Gasteiger partial charge in [0, 0.05) is 22.7 Å². The molecular formula is C18H14ClF5N2O. The zero-order chi connectivity index (χ0) is 19.8. The number of anilines is 1. The van der Waals surface area contributed by atoms with Crippen LogP contribution in [0.15, 0.2) is 36.4 Å². The Bertz CT molecular complexity index is 871. The van der Waals surface area contributed by atoms with E-state index in [1.54, 1.807) is 0 Å². The van der Waals surface area contributed by atoms with Crippen LogP contribution in [0.4, 0.5) is 32.4 Å². The van der Waals surface area contributed by atoms with Gasteiger partial charge in [-0.05, 0) is 41.5 Å². The number of carbonyl (C=O) groups is 1. The van der Waals surface area contributed by atoms with Crippen LogP contribution in [0.3, 0.4) is 0 Å². The number of urea groups is 1. The molecule has 0 saturated heterocycles. The van der Waals surface area contributed by atoms with E-state index in [1.165, 1.54) is 24.3 Å². The highest BCUT2D eigenvalue weighted by molar-refractivity contribution is 6.30. The summed E-state index contributed by atoms with van der Waals surface area (Å²) >= 11 is 6.00. The largest absolute Gasteiger partial charge is 0.406 e. The first-order valence-electron chi connectivity index (χ1n) is 7.97. The molecule has 2 aromatic rings. The van der Waals surface area contributed by atoms with Crippen LogP contribution in [0.5, 0.6) is 0 Å². The molecule has 1 unspecified atom stereocenters. The molecule has 0 aliphatic carbocycles. The summed E-state index contributed by atoms with van der Waals surface area (Å²) in [6.45, 7) is -2.35. The van der Waals surface area contributed by atoms with Crippen molar-refractivity contribution in [1.82, 2.24) is 4.90 Å². The van der Waals surface area contributed by atoms with Gasteiger partial charge >= 0.3 is 12.2 Å². The van der Waals surface area contributed by atoms with E-state index in [4.69, 9.17) is 11.6 Å². The Labute approximate surface area is 156 Å². The summed E-state index contributed by atoms with van der Waals surface area (Å²) in [5.41, 5.74) is 1.02. The normalized spacial score (nSPS) is 16.9. The lowest BCUT2D eigenvalue weighted by atomic mass is 9.89. The summed E-state index contributed by atoms with van der Waals surface area (Å²) in [6, 6.07) is 5.68. The maximum atomic E-state index is 13.6. The molecule has 1 heterocycles. The maximum Gasteiger partial charge on any atom is 0.406 e. The van der Waals surface area contributed by atoms with Crippen molar-refractivity contribution in [2.24, 2.45) is 0 Å². The van der Waals surface area contributed by atoms with Crippen LogP contribution in [0.1, 0.15) is 22.7 Å². The first kappa shape index (κ1) is 19.4. The average molecular weight is 405 g/mol. The number of carbonyl (C=O) groups excluding carboxylic acids is 1. The summed E-state index contributed by atoms with van der Waals surface area (Å²) in [6.07, 6.45) is -4.85. The number of alkyl halides is 4. The molecule has 1 N–H and O–H groups in total. The molecule has 1 aliphatic heterocycles. The molecule has 2 aromatic carbocycles. The smallest absolute Gasteiger partial charge is 0.307 e. The fourth-order valence-electron chi connectivity index (χ4n) is 3.20. The van der Waals surface area contributed by atoms with Crippen molar-refractivity contribution >= 4 is 23.3 Å². The Morgan fingerprint density at radius 3 is 2.52 bits per heavy atom. The number of hydrogen-bond donors (Lipinski definition) is 1. The van der Waals surface area contributed by atoms with E-state index in [2.05, 4.69) is 5.32 Å². The zero-order valence-electron chi connectivity index (χ0n) is 13.8. The highest BCUT2D eigenvalue weighted by Crippen LogP contribution is 2.41. The molecule has 2 amide bonds. The topological polar surface area (TPSA) is 32.3 Å². The van der Waals surface area contributed by atoms with Gasteiger partial charge in [0.1, 0.15) is 12.4 Å². The molecule has 0 saturated carbocycles. The Kier molecular flexibility index (Phi) is 5.28. The molecule has 0 fully saturated rings. The lowest BCUT2D eigenvalue weighted by molar-refractivity contribution is -0.142. The summed E-state index contributed by atoms with van der Waals surface area (Å²) in [5.74, 6) is -0.642. The number of rotatable bonds is 4. The minimum atomic E-state index is -4.66. The average Bonchev–Trinajstić information content (AvgIpc) is 2.56. The van der Waals surface area contributed by atoms with E-state index in [9.17, 15) is 26.7 Å². The highest BCUT2D eigenvalue weighted by Gasteiger charge is 2.41. The second kappa shape index (κ2) is 7.34. The summed E-state index contributed by atoms with van der Waals surface area (Å²) in [5, 5.41) is 2.66. The standard InChI is InChI=1S/C18H14ClF5N2O/c19-11-1-4-15-14(8-11)16(26(17(27)25-15)9-18(22,23)24)13-3-2-12(21)7-10(13)5-6-20/h1-4,7-8,16H,5-6,9H2,(H,25,27). The lowest BCUT2D eigenvalue weighted by Crippen LogP contribution is -2.47. The first-order valence-corrected chi connectivity index (χ1v) is 8.35. The van der Waals surface area contributed by atoms with Crippen molar-refractivity contribution < 1.29 is 26.7 Å². The molecule has 1 atom stereocenters. The van der Waals surface area contributed by atoms with Crippen LogP contribution < -0.4 is 5.32 Å². The van der Waals surface area contributed by atoms with Crippen molar-refractivity contribution in [3.63, 3.8) is 0 Å². The predicted octanol–water partition coefficient (Wildman–Crippen LogP) is 5.49. The number of halogens is 6. The molecular weight excluding hydrogens is 391 g/mol. The van der Waals surface area contributed by atoms with Crippen LogP contribution >= 0.6 is 11.6 Å². The second-order valence-corrected chi connectivity index (χ2v) is 6.53. The minimum Gasteiger partial charge on any atom is -0.307 e. The fraction of sp³-hybridized carbons (Fsp3) is 0.278. The number of fused-ring (bicyclic) bond motifs is 1. The Morgan fingerprint density at radius 1 is 1.11 bits per heavy atom. The van der Waals surface area contributed by atoms with E-state index in [-0.39, 0.29) is 22.6 Å². The highest BCUT2D eigenvalue weighted by atomic mass is 35.5. The van der Waals surface area contributed by atoms with Crippen LogP contribution in [0.2, 0.25) is 5.02 Å². The minimum absolute atomic E-state index is 0.190. The number of benzene rings is 2. The van der Waals surface area contributed by atoms with Gasteiger partial charge in [-0.25, -0.2) is 9.18 Å². The number of aryl methyl sites for hydroxylation is 1. The van der Waals surface area contributed by atoms with Crippen LogP contribution in [0, 0.1) is 5.82 Å². The third-order valence-corrected chi connectivity index (χ3v) is 4.47. The molecule has 144 valence electrons. The molecule has 0 aromatic heterocycles. The third-order valence-electron chi connectivity index (χ3n) is 4.24. The summed E-state index contributed by atoms with van der Waals surface area (Å²) in [4.78, 5) is 13.0. The van der Waals surface area contributed by atoms with Crippen molar-refractivity contribution in [2.45, 2.75) is 18.6 Å². The van der Waals surface area contributed by atoms with E-state index in [1.807, 2.05) is 0 Å². The Hall–Kier alpha value is -2.35. The Morgan fingerprint density at radius 2 is 1.85 bits per heavy atom. The van der Waals surface area contributed by atoms with Gasteiger partial charge in [-0.2, -0.15) is 13.2 Å². The van der Waals surface area contributed by atoms with Gasteiger partial charge in [-0.1, -0.05) is 17.7 Å². The van der Waals surface area contributed by atoms with Crippen molar-refractivity contribution in [1.29, 1.82) is 0 Å². The van der Waals surface area contributed by atoms with Crippen LogP contribution in [-0.4, -0.2) is 30.3 Å². The molecule has 0 radical (unpaired) electrons. The number of nitrogens with one attached hydrogen (secondary N) is 1. The lowest BCUT2D eigenvalue weighted by Gasteiger charge is -2.39. The summed E-state index contributed by atoms with van der Waals surface area (Å²) < 4.78 is 65.9. The molecule has 27 heavy (non-hydrogen) atoms.